The summed E-state index contributed by atoms with van der Waals surface area (Å²) in [6.45, 7) is 5.43. The molecule has 2 aromatic rings. The highest BCUT2D eigenvalue weighted by Crippen LogP contribution is 2.30. The van der Waals surface area contributed by atoms with Gasteiger partial charge in [0.1, 0.15) is 5.75 Å². The van der Waals surface area contributed by atoms with Crippen LogP contribution in [-0.2, 0) is 10.0 Å². The molecule has 0 aliphatic carbocycles. The fraction of sp³-hybridized carbons (Fsp3) is 0.409. The van der Waals surface area contributed by atoms with Crippen molar-refractivity contribution in [3.05, 3.63) is 48.0 Å². The van der Waals surface area contributed by atoms with E-state index in [0.29, 0.717) is 35.6 Å². The largest absolute Gasteiger partial charge is 0.495 e. The Morgan fingerprint density at radius 3 is 2.30 bits per heavy atom. The van der Waals surface area contributed by atoms with Gasteiger partial charge in [0.2, 0.25) is 10.0 Å². The summed E-state index contributed by atoms with van der Waals surface area (Å²) in [5.74, 6) is 0.889. The number of piperidine rings is 1. The molecule has 2 N–H and O–H groups in total. The first-order valence-corrected chi connectivity index (χ1v) is 12.0. The molecule has 0 bridgehead atoms. The van der Waals surface area contributed by atoms with Crippen LogP contribution in [0.15, 0.2) is 47.4 Å². The molecule has 0 amide bonds. The molecule has 0 radical (unpaired) electrons. The third-order valence-corrected chi connectivity index (χ3v) is 7.31. The maximum Gasteiger partial charge on any atom is 0.243 e. The summed E-state index contributed by atoms with van der Waals surface area (Å²) in [5, 5.41) is 6.64. The summed E-state index contributed by atoms with van der Waals surface area (Å²) >= 11 is 5.41. The number of ether oxygens (including phenoxy) is 1. The van der Waals surface area contributed by atoms with Crippen molar-refractivity contribution in [3.63, 3.8) is 0 Å². The fourth-order valence-corrected chi connectivity index (χ4v) is 5.19. The second kappa shape index (κ2) is 9.76. The minimum absolute atomic E-state index is 0.231. The molecular weight excluding hydrogens is 418 g/mol. The Kier molecular flexibility index (Phi) is 7.33. The second-order valence-electron chi connectivity index (χ2n) is 7.68. The van der Waals surface area contributed by atoms with Gasteiger partial charge in [0, 0.05) is 24.8 Å². The van der Waals surface area contributed by atoms with Crippen LogP contribution in [0.25, 0.3) is 0 Å². The Balaban J connectivity index is 1.72. The number of nitrogens with one attached hydrogen (secondary N) is 2. The Labute approximate surface area is 184 Å². The highest BCUT2D eigenvalue weighted by Gasteiger charge is 2.26. The first-order valence-electron chi connectivity index (χ1n) is 10.2. The average Bonchev–Trinajstić information content (AvgIpc) is 2.74. The molecule has 8 heteroatoms. The lowest BCUT2D eigenvalue weighted by Crippen LogP contribution is -2.35. The first kappa shape index (κ1) is 22.5. The highest BCUT2D eigenvalue weighted by molar-refractivity contribution is 7.89. The zero-order valence-corrected chi connectivity index (χ0v) is 19.3. The van der Waals surface area contributed by atoms with Gasteiger partial charge in [-0.05, 0) is 60.8 Å². The van der Waals surface area contributed by atoms with Crippen molar-refractivity contribution in [3.8, 4) is 5.75 Å². The van der Waals surface area contributed by atoms with Crippen LogP contribution in [0.1, 0.15) is 44.6 Å². The summed E-state index contributed by atoms with van der Waals surface area (Å²) in [5.41, 5.74) is 2.73. The number of rotatable bonds is 6. The Morgan fingerprint density at radius 2 is 1.70 bits per heavy atom. The van der Waals surface area contributed by atoms with Gasteiger partial charge < -0.3 is 15.4 Å². The molecule has 1 saturated heterocycles. The molecule has 1 aliphatic rings. The predicted octanol–water partition coefficient (Wildman–Crippen LogP) is 4.80. The molecule has 1 aliphatic heterocycles. The molecule has 1 heterocycles. The van der Waals surface area contributed by atoms with Crippen LogP contribution in [0.2, 0.25) is 0 Å². The smallest absolute Gasteiger partial charge is 0.243 e. The monoisotopic (exact) mass is 447 g/mol. The first-order chi connectivity index (χ1) is 14.3. The standard InChI is InChI=1S/C22H29N3O3S2/c1-16(2)17-7-9-18(10-8-17)23-22(29)24-20-12-11-19(15-21(20)28-3)30(26,27)25-13-5-4-6-14-25/h7-12,15-16H,4-6,13-14H2,1-3H3,(H2,23,24,29). The number of nitrogens with zero attached hydrogens (tertiary/aromatic N) is 1. The minimum atomic E-state index is -3.52. The molecule has 0 atom stereocenters. The van der Waals surface area contributed by atoms with Crippen LogP contribution in [-0.4, -0.2) is 38.0 Å². The lowest BCUT2D eigenvalue weighted by molar-refractivity contribution is 0.346. The SMILES string of the molecule is COc1cc(S(=O)(=O)N2CCCCC2)ccc1NC(=S)Nc1ccc(C(C)C)cc1. The van der Waals surface area contributed by atoms with Crippen LogP contribution in [0.5, 0.6) is 5.75 Å². The maximum absolute atomic E-state index is 12.9. The number of thiocarbonyl (C=S) groups is 1. The van der Waals surface area contributed by atoms with Gasteiger partial charge in [-0.3, -0.25) is 0 Å². The van der Waals surface area contributed by atoms with Crippen LogP contribution in [0.3, 0.4) is 0 Å². The topological polar surface area (TPSA) is 70.7 Å². The van der Waals surface area contributed by atoms with Crippen LogP contribution < -0.4 is 15.4 Å². The number of sulfonamides is 1. The molecule has 0 saturated carbocycles. The zero-order valence-electron chi connectivity index (χ0n) is 17.6. The summed E-state index contributed by atoms with van der Waals surface area (Å²) in [7, 11) is -2.01. The Hall–Kier alpha value is -2.16. The van der Waals surface area contributed by atoms with E-state index < -0.39 is 10.0 Å². The quantitative estimate of drug-likeness (QED) is 0.620. The van der Waals surface area contributed by atoms with Crippen molar-refractivity contribution in [2.75, 3.05) is 30.8 Å². The van der Waals surface area contributed by atoms with Crippen molar-refractivity contribution in [2.45, 2.75) is 43.9 Å². The van der Waals surface area contributed by atoms with Crippen LogP contribution >= 0.6 is 12.2 Å². The van der Waals surface area contributed by atoms with Gasteiger partial charge in [0.15, 0.2) is 5.11 Å². The number of methoxy groups -OCH3 is 1. The van der Waals surface area contributed by atoms with Gasteiger partial charge in [-0.1, -0.05) is 32.4 Å². The third kappa shape index (κ3) is 5.30. The molecule has 0 aromatic heterocycles. The molecule has 2 aromatic carbocycles. The van der Waals surface area contributed by atoms with Crippen molar-refractivity contribution in [2.24, 2.45) is 0 Å². The Morgan fingerprint density at radius 1 is 1.03 bits per heavy atom. The summed E-state index contributed by atoms with van der Waals surface area (Å²) in [6, 6.07) is 12.9. The summed E-state index contributed by atoms with van der Waals surface area (Å²) < 4.78 is 32.8. The van der Waals surface area contributed by atoms with E-state index in [9.17, 15) is 8.42 Å². The molecule has 162 valence electrons. The molecule has 0 unspecified atom stereocenters. The van der Waals surface area contributed by atoms with Crippen LogP contribution in [0.4, 0.5) is 11.4 Å². The number of anilines is 2. The lowest BCUT2D eigenvalue weighted by atomic mass is 10.0. The summed E-state index contributed by atoms with van der Waals surface area (Å²) in [4.78, 5) is 0.231. The van der Waals surface area contributed by atoms with E-state index in [-0.39, 0.29) is 4.90 Å². The van der Waals surface area contributed by atoms with Gasteiger partial charge in [0.05, 0.1) is 17.7 Å². The van der Waals surface area contributed by atoms with Crippen molar-refractivity contribution in [1.29, 1.82) is 0 Å². The minimum Gasteiger partial charge on any atom is -0.495 e. The van der Waals surface area contributed by atoms with Gasteiger partial charge in [-0.2, -0.15) is 4.31 Å². The van der Waals surface area contributed by atoms with E-state index in [1.807, 2.05) is 12.1 Å². The zero-order chi connectivity index (χ0) is 21.7. The van der Waals surface area contributed by atoms with E-state index >= 15 is 0 Å². The highest BCUT2D eigenvalue weighted by atomic mass is 32.2. The van der Waals surface area contributed by atoms with E-state index in [1.165, 1.54) is 12.7 Å². The van der Waals surface area contributed by atoms with Gasteiger partial charge in [-0.15, -0.1) is 0 Å². The maximum atomic E-state index is 12.9. The van der Waals surface area contributed by atoms with Gasteiger partial charge in [-0.25, -0.2) is 8.42 Å². The molecular formula is C22H29N3O3S2. The third-order valence-electron chi connectivity index (χ3n) is 5.21. The van der Waals surface area contributed by atoms with E-state index in [4.69, 9.17) is 17.0 Å². The normalized spacial score (nSPS) is 15.1. The summed E-state index contributed by atoms with van der Waals surface area (Å²) in [6.07, 6.45) is 2.87. The average molecular weight is 448 g/mol. The van der Waals surface area contributed by atoms with E-state index in [2.05, 4.69) is 36.6 Å². The molecule has 6 nitrogen and oxygen atoms in total. The Bertz CT molecular complexity index is 983. The number of benzene rings is 2. The van der Waals surface area contributed by atoms with Crippen molar-refractivity contribution >= 4 is 38.7 Å². The fourth-order valence-electron chi connectivity index (χ4n) is 3.43. The van der Waals surface area contributed by atoms with Gasteiger partial charge in [0.25, 0.3) is 0 Å². The van der Waals surface area contributed by atoms with Crippen molar-refractivity contribution < 1.29 is 13.2 Å². The predicted molar refractivity (Wildman–Crippen MR) is 126 cm³/mol. The second-order valence-corrected chi connectivity index (χ2v) is 10.0. The lowest BCUT2D eigenvalue weighted by Gasteiger charge is -2.26. The van der Waals surface area contributed by atoms with Crippen LogP contribution in [0, 0.1) is 0 Å². The molecule has 3 rings (SSSR count). The van der Waals surface area contributed by atoms with E-state index in [0.717, 1.165) is 24.9 Å². The molecule has 1 fully saturated rings. The van der Waals surface area contributed by atoms with Crippen molar-refractivity contribution in [1.82, 2.24) is 4.31 Å². The van der Waals surface area contributed by atoms with E-state index in [1.54, 1.807) is 22.5 Å². The number of hydrogen-bond donors (Lipinski definition) is 2. The molecule has 30 heavy (non-hydrogen) atoms. The van der Waals surface area contributed by atoms with Gasteiger partial charge >= 0.3 is 0 Å². The molecule has 0 spiro atoms. The number of hydrogen-bond acceptors (Lipinski definition) is 4.